The lowest BCUT2D eigenvalue weighted by Crippen LogP contribution is -2.45. The summed E-state index contributed by atoms with van der Waals surface area (Å²) in [5, 5.41) is 0. The van der Waals surface area contributed by atoms with E-state index < -0.39 is 17.7 Å². The number of carbonyl (C=O) groups excluding carboxylic acids is 1. The van der Waals surface area contributed by atoms with Crippen LogP contribution in [0, 0.1) is 11.6 Å². The van der Waals surface area contributed by atoms with Gasteiger partial charge in [-0.2, -0.15) is 0 Å². The Kier molecular flexibility index (Phi) is 6.36. The van der Waals surface area contributed by atoms with Crippen molar-refractivity contribution in [3.05, 3.63) is 53.5 Å². The Bertz CT molecular complexity index is 917. The minimum absolute atomic E-state index is 0.195. The number of ether oxygens (including phenoxy) is 2. The van der Waals surface area contributed by atoms with Gasteiger partial charge in [-0.05, 0) is 51.3 Å². The smallest absolute Gasteiger partial charge is 0.416 e. The van der Waals surface area contributed by atoms with E-state index in [-0.39, 0.29) is 42.3 Å². The molecule has 1 saturated heterocycles. The number of rotatable bonds is 6. The topological polar surface area (TPSA) is 64.6 Å². The van der Waals surface area contributed by atoms with Crippen molar-refractivity contribution >= 4 is 11.9 Å². The lowest BCUT2D eigenvalue weighted by Gasteiger charge is -2.31. The molecule has 1 fully saturated rings. The van der Waals surface area contributed by atoms with Crippen LogP contribution in [-0.4, -0.2) is 40.4 Å². The third kappa shape index (κ3) is 4.92. The zero-order chi connectivity index (χ0) is 22.1. The molecule has 2 aromatic rings. The normalized spacial score (nSPS) is 19.0. The van der Waals surface area contributed by atoms with E-state index in [9.17, 15) is 13.6 Å². The van der Waals surface area contributed by atoms with Gasteiger partial charge in [0.15, 0.2) is 11.6 Å². The van der Waals surface area contributed by atoms with Gasteiger partial charge in [0.2, 0.25) is 0 Å². The van der Waals surface area contributed by atoms with Crippen LogP contribution in [0.4, 0.5) is 19.4 Å². The molecule has 1 aliphatic heterocycles. The van der Waals surface area contributed by atoms with Crippen LogP contribution in [-0.2, 0) is 15.9 Å². The largest absolute Gasteiger partial charge is 0.447 e. The Balaban J connectivity index is 1.81. The minimum atomic E-state index is -0.885. The first kappa shape index (κ1) is 22.1. The highest BCUT2D eigenvalue weighted by molar-refractivity contribution is 5.89. The third-order valence-corrected chi connectivity index (χ3v) is 4.93. The van der Waals surface area contributed by atoms with E-state index in [1.807, 2.05) is 27.7 Å². The summed E-state index contributed by atoms with van der Waals surface area (Å²) in [6.45, 7) is 9.70. The average Bonchev–Trinajstić information content (AvgIpc) is 3.04. The van der Waals surface area contributed by atoms with Gasteiger partial charge in [-0.25, -0.2) is 23.5 Å². The third-order valence-electron chi connectivity index (χ3n) is 4.93. The van der Waals surface area contributed by atoms with Crippen molar-refractivity contribution in [1.29, 1.82) is 0 Å². The quantitative estimate of drug-likeness (QED) is 0.683. The maximum atomic E-state index is 14.1. The van der Waals surface area contributed by atoms with E-state index in [2.05, 4.69) is 9.97 Å². The number of carbonyl (C=O) groups is 1. The molecule has 1 aromatic carbocycles. The molecule has 30 heavy (non-hydrogen) atoms. The summed E-state index contributed by atoms with van der Waals surface area (Å²) in [7, 11) is 0. The summed E-state index contributed by atoms with van der Waals surface area (Å²) in [6.07, 6.45) is 1.05. The predicted molar refractivity (Wildman–Crippen MR) is 108 cm³/mol. The summed E-state index contributed by atoms with van der Waals surface area (Å²) in [5.74, 6) is -1.28. The molecule has 1 amide bonds. The van der Waals surface area contributed by atoms with E-state index >= 15 is 0 Å². The standard InChI is InChI=1S/C22H27F2N3O3/c1-13(15-7-6-8-16(23)20(15)24)11-18-25-10-9-19(26-18)27-17(12-29-21(27)28)14(2)30-22(3,4)5/h6-10,13-14,17H,11-12H2,1-5H3/t13-,14-,17-/m1/s1. The van der Waals surface area contributed by atoms with E-state index in [0.29, 0.717) is 11.6 Å². The first-order chi connectivity index (χ1) is 14.1. The monoisotopic (exact) mass is 419 g/mol. The molecule has 0 spiro atoms. The lowest BCUT2D eigenvalue weighted by atomic mass is 9.96. The van der Waals surface area contributed by atoms with Crippen molar-refractivity contribution in [3.63, 3.8) is 0 Å². The number of anilines is 1. The molecular weight excluding hydrogens is 392 g/mol. The van der Waals surface area contributed by atoms with Gasteiger partial charge in [0.1, 0.15) is 24.3 Å². The molecule has 0 N–H and O–H groups in total. The van der Waals surface area contributed by atoms with Crippen LogP contribution in [0.5, 0.6) is 0 Å². The summed E-state index contributed by atoms with van der Waals surface area (Å²) in [4.78, 5) is 22.6. The number of hydrogen-bond acceptors (Lipinski definition) is 5. The molecule has 0 unspecified atom stereocenters. The molecule has 3 atom stereocenters. The molecule has 1 aromatic heterocycles. The molecule has 162 valence electrons. The first-order valence-electron chi connectivity index (χ1n) is 9.96. The molecule has 8 heteroatoms. The van der Waals surface area contributed by atoms with Gasteiger partial charge in [-0.1, -0.05) is 19.1 Å². The fourth-order valence-electron chi connectivity index (χ4n) is 3.59. The second-order valence-corrected chi connectivity index (χ2v) is 8.53. The zero-order valence-electron chi connectivity index (χ0n) is 17.9. The highest BCUT2D eigenvalue weighted by atomic mass is 19.2. The van der Waals surface area contributed by atoms with E-state index in [1.165, 1.54) is 11.0 Å². The van der Waals surface area contributed by atoms with Crippen LogP contribution in [0.25, 0.3) is 0 Å². The minimum Gasteiger partial charge on any atom is -0.447 e. The van der Waals surface area contributed by atoms with Crippen LogP contribution in [0.3, 0.4) is 0 Å². The molecule has 0 radical (unpaired) electrons. The van der Waals surface area contributed by atoms with Crippen molar-refractivity contribution in [3.8, 4) is 0 Å². The summed E-state index contributed by atoms with van der Waals surface area (Å²) in [6, 6.07) is 5.40. The molecule has 1 aliphatic rings. The van der Waals surface area contributed by atoms with Crippen molar-refractivity contribution in [1.82, 2.24) is 9.97 Å². The summed E-state index contributed by atoms with van der Waals surface area (Å²) < 4.78 is 38.9. The summed E-state index contributed by atoms with van der Waals surface area (Å²) in [5.41, 5.74) is -0.118. The zero-order valence-corrected chi connectivity index (χ0v) is 17.9. The van der Waals surface area contributed by atoms with Crippen LogP contribution >= 0.6 is 0 Å². The molecule has 6 nitrogen and oxygen atoms in total. The molecule has 0 saturated carbocycles. The van der Waals surface area contributed by atoms with Crippen molar-refractivity contribution < 1.29 is 23.0 Å². The number of nitrogens with zero attached hydrogens (tertiary/aromatic N) is 3. The fraction of sp³-hybridized carbons (Fsp3) is 0.500. The lowest BCUT2D eigenvalue weighted by molar-refractivity contribution is -0.0618. The molecule has 3 rings (SSSR count). The second kappa shape index (κ2) is 8.63. The van der Waals surface area contributed by atoms with Gasteiger partial charge in [0, 0.05) is 12.6 Å². The van der Waals surface area contributed by atoms with Crippen LogP contribution in [0.1, 0.15) is 51.9 Å². The van der Waals surface area contributed by atoms with Gasteiger partial charge < -0.3 is 9.47 Å². The Morgan fingerprint density at radius 2 is 2.00 bits per heavy atom. The van der Waals surface area contributed by atoms with E-state index in [1.54, 1.807) is 25.3 Å². The van der Waals surface area contributed by atoms with Crippen molar-refractivity contribution in [2.24, 2.45) is 0 Å². The highest BCUT2D eigenvalue weighted by Gasteiger charge is 2.40. The van der Waals surface area contributed by atoms with Gasteiger partial charge in [0.25, 0.3) is 0 Å². The maximum Gasteiger partial charge on any atom is 0.416 e. The molecular formula is C22H27F2N3O3. The van der Waals surface area contributed by atoms with E-state index in [4.69, 9.17) is 9.47 Å². The van der Waals surface area contributed by atoms with Gasteiger partial charge in [-0.3, -0.25) is 4.90 Å². The van der Waals surface area contributed by atoms with Crippen molar-refractivity contribution in [2.75, 3.05) is 11.5 Å². The highest BCUT2D eigenvalue weighted by Crippen LogP contribution is 2.28. The fourth-order valence-corrected chi connectivity index (χ4v) is 3.59. The molecule has 2 heterocycles. The molecule has 0 bridgehead atoms. The number of halogens is 2. The Labute approximate surface area is 175 Å². The van der Waals surface area contributed by atoms with Crippen molar-refractivity contribution in [2.45, 2.75) is 64.7 Å². The number of benzene rings is 1. The second-order valence-electron chi connectivity index (χ2n) is 8.53. The Hall–Kier alpha value is -2.61. The van der Waals surface area contributed by atoms with Gasteiger partial charge >= 0.3 is 6.09 Å². The number of hydrogen-bond donors (Lipinski definition) is 0. The summed E-state index contributed by atoms with van der Waals surface area (Å²) >= 11 is 0. The first-order valence-corrected chi connectivity index (χ1v) is 9.96. The SMILES string of the molecule is C[C@H](Cc1nccc(N2C(=O)OC[C@@H]2[C@@H](C)OC(C)(C)C)n1)c1cccc(F)c1F. The Morgan fingerprint density at radius 3 is 2.70 bits per heavy atom. The average molecular weight is 419 g/mol. The van der Waals surface area contributed by atoms with Gasteiger partial charge in [0.05, 0.1) is 11.7 Å². The van der Waals surface area contributed by atoms with Crippen LogP contribution < -0.4 is 4.90 Å². The number of cyclic esters (lactones) is 1. The Morgan fingerprint density at radius 1 is 1.27 bits per heavy atom. The van der Waals surface area contributed by atoms with Gasteiger partial charge in [-0.15, -0.1) is 0 Å². The van der Waals surface area contributed by atoms with E-state index in [0.717, 1.165) is 6.07 Å². The molecule has 0 aliphatic carbocycles. The number of amides is 1. The maximum absolute atomic E-state index is 14.1. The number of aromatic nitrogens is 2. The van der Waals surface area contributed by atoms with Crippen LogP contribution in [0.2, 0.25) is 0 Å². The predicted octanol–water partition coefficient (Wildman–Crippen LogP) is 4.63. The van der Waals surface area contributed by atoms with Crippen LogP contribution in [0.15, 0.2) is 30.5 Å².